The van der Waals surface area contributed by atoms with E-state index >= 15 is 0 Å². The molecule has 0 rings (SSSR count). The van der Waals surface area contributed by atoms with Gasteiger partial charge >= 0.3 is 39.3 Å². The lowest BCUT2D eigenvalue weighted by atomic mass is 10.1. The van der Waals surface area contributed by atoms with Gasteiger partial charge in [-0.05, 0) is 34.6 Å². The molecule has 16 heteroatoms. The highest BCUT2D eigenvalue weighted by Crippen LogP contribution is 2.55. The maximum atomic E-state index is 14.0. The first-order valence-corrected chi connectivity index (χ1v) is 10.00. The van der Waals surface area contributed by atoms with E-state index in [0.29, 0.717) is 0 Å². The van der Waals surface area contributed by atoms with Gasteiger partial charge in [-0.2, -0.15) is 47.9 Å². The number of hydrogen-bond acceptors (Lipinski definition) is 4. The Morgan fingerprint density at radius 2 is 1.32 bits per heavy atom. The summed E-state index contributed by atoms with van der Waals surface area (Å²) in [4.78, 5) is 12.6. The minimum Gasteiger partial charge on any atom is -0.466 e. The molecule has 184 valence electrons. The number of alkyl halides is 9. The summed E-state index contributed by atoms with van der Waals surface area (Å²) in [6.45, 7) is 6.50. The second-order valence-electron chi connectivity index (χ2n) is 6.72. The van der Waals surface area contributed by atoms with Crippen LogP contribution in [0.3, 0.4) is 0 Å². The third kappa shape index (κ3) is 5.74. The Bertz CT molecular complexity index is 770. The molecule has 0 aromatic carbocycles. The highest BCUT2D eigenvalue weighted by atomic mass is 32.2. The maximum absolute atomic E-state index is 14.0. The monoisotopic (exact) mass is 496 g/mol. The number of esters is 1. The summed E-state index contributed by atoms with van der Waals surface area (Å²) in [5, 5.41) is -6.99. The summed E-state index contributed by atoms with van der Waals surface area (Å²) < 4.78 is 148. The maximum Gasteiger partial charge on any atom is 0.460 e. The number of sulfonamides is 1. The van der Waals surface area contributed by atoms with E-state index in [0.717, 1.165) is 4.90 Å². The van der Waals surface area contributed by atoms with Gasteiger partial charge in [0.2, 0.25) is 0 Å². The van der Waals surface area contributed by atoms with Crippen molar-refractivity contribution in [1.82, 2.24) is 4.90 Å². The van der Waals surface area contributed by atoms with Crippen LogP contribution in [0.1, 0.15) is 41.0 Å². The lowest BCUT2D eigenvalue weighted by Crippen LogP contribution is -2.63. The third-order valence-corrected chi connectivity index (χ3v) is 5.04. The van der Waals surface area contributed by atoms with Crippen molar-refractivity contribution >= 4 is 21.8 Å². The zero-order valence-electron chi connectivity index (χ0n) is 16.9. The van der Waals surface area contributed by atoms with Crippen molar-refractivity contribution < 1.29 is 57.5 Å². The Labute approximate surface area is 172 Å². The Hall–Kier alpha value is -1.74. The van der Waals surface area contributed by atoms with E-state index in [1.807, 2.05) is 0 Å². The zero-order chi connectivity index (χ0) is 25.2. The number of carbonyl (C=O) groups is 1. The van der Waals surface area contributed by atoms with Crippen LogP contribution in [0, 0.1) is 0 Å². The van der Waals surface area contributed by atoms with Gasteiger partial charge in [-0.1, -0.05) is 0 Å². The van der Waals surface area contributed by atoms with Crippen molar-refractivity contribution in [3.8, 4) is 0 Å². The molecule has 0 unspecified atom stereocenters. The van der Waals surface area contributed by atoms with Crippen LogP contribution >= 0.6 is 0 Å². The molecule has 0 bridgehead atoms. The van der Waals surface area contributed by atoms with E-state index < -0.39 is 63.6 Å². The summed E-state index contributed by atoms with van der Waals surface area (Å²) >= 11 is 0. The highest BCUT2D eigenvalue weighted by molar-refractivity contribution is 7.91. The summed E-state index contributed by atoms with van der Waals surface area (Å²) in [5.41, 5.74) is 0. The number of carbonyl (C=O) groups excluding carboxylic acids is 1. The quantitative estimate of drug-likeness (QED) is 0.207. The SMILES string of the molecule is CCOC(=O)C/C(=N/S(=O)(=O)C(F)(F)C(F)(F)C(F)(F)C(F)(F)F)N(C(C)C)C(C)C. The van der Waals surface area contributed by atoms with Gasteiger partial charge in [-0.25, -0.2) is 0 Å². The molecule has 0 aromatic rings. The van der Waals surface area contributed by atoms with E-state index in [4.69, 9.17) is 0 Å². The van der Waals surface area contributed by atoms with Crippen LogP contribution in [-0.2, 0) is 19.6 Å². The van der Waals surface area contributed by atoms with E-state index in [2.05, 4.69) is 9.13 Å². The molecule has 0 heterocycles. The molecule has 0 aliphatic rings. The molecule has 0 amide bonds. The van der Waals surface area contributed by atoms with Gasteiger partial charge in [0, 0.05) is 12.1 Å². The van der Waals surface area contributed by atoms with Crippen LogP contribution in [0.2, 0.25) is 0 Å². The fourth-order valence-corrected chi connectivity index (χ4v) is 3.43. The fraction of sp³-hybridized carbons (Fsp3) is 0.867. The summed E-state index contributed by atoms with van der Waals surface area (Å²) in [7, 11) is -7.06. The molecule has 0 saturated carbocycles. The van der Waals surface area contributed by atoms with Crippen molar-refractivity contribution in [2.24, 2.45) is 4.40 Å². The second kappa shape index (κ2) is 9.40. The van der Waals surface area contributed by atoms with E-state index in [-0.39, 0.29) is 6.61 Å². The fourth-order valence-electron chi connectivity index (χ4n) is 2.42. The Morgan fingerprint density at radius 3 is 1.65 bits per heavy atom. The van der Waals surface area contributed by atoms with Crippen molar-refractivity contribution in [3.05, 3.63) is 0 Å². The standard InChI is InChI=1S/C15H21F9N2O4S/c1-6-30-11(27)7-10(26(8(2)3)9(4)5)25-31(28,29)15(23,24)13(18,19)12(16,17)14(20,21)22/h8-9H,6-7H2,1-5H3/b25-10-. The molecule has 6 nitrogen and oxygen atoms in total. The van der Waals surface area contributed by atoms with Gasteiger partial charge in [-0.15, -0.1) is 4.40 Å². The number of amidine groups is 1. The molecule has 0 saturated heterocycles. The largest absolute Gasteiger partial charge is 0.466 e. The molecular weight excluding hydrogens is 475 g/mol. The molecule has 0 N–H and O–H groups in total. The lowest BCUT2D eigenvalue weighted by molar-refractivity contribution is -0.382. The van der Waals surface area contributed by atoms with Gasteiger partial charge in [0.1, 0.15) is 12.3 Å². The number of nitrogens with zero attached hydrogens (tertiary/aromatic N) is 2. The lowest BCUT2D eigenvalue weighted by Gasteiger charge is -2.35. The van der Waals surface area contributed by atoms with Crippen LogP contribution in [0.5, 0.6) is 0 Å². The summed E-state index contributed by atoms with van der Waals surface area (Å²) in [5.74, 6) is -17.2. The molecule has 0 aromatic heterocycles. The molecule has 0 aliphatic heterocycles. The first-order chi connectivity index (χ1) is 13.6. The zero-order valence-corrected chi connectivity index (χ0v) is 17.7. The minimum absolute atomic E-state index is 0.256. The number of rotatable bonds is 9. The molecule has 0 fully saturated rings. The van der Waals surface area contributed by atoms with Crippen molar-refractivity contribution in [2.75, 3.05) is 6.61 Å². The van der Waals surface area contributed by atoms with Gasteiger partial charge in [0.15, 0.2) is 0 Å². The van der Waals surface area contributed by atoms with Crippen molar-refractivity contribution in [3.63, 3.8) is 0 Å². The topological polar surface area (TPSA) is 76.0 Å². The number of ether oxygens (including phenoxy) is 1. The van der Waals surface area contributed by atoms with Crippen LogP contribution in [-0.4, -0.2) is 67.1 Å². The molecule has 0 aliphatic carbocycles. The molecular formula is C15H21F9N2O4S. The molecule has 0 radical (unpaired) electrons. The number of halogens is 9. The number of hydrogen-bond donors (Lipinski definition) is 0. The van der Waals surface area contributed by atoms with Crippen LogP contribution in [0.4, 0.5) is 39.5 Å². The van der Waals surface area contributed by atoms with Gasteiger partial charge in [-0.3, -0.25) is 4.79 Å². The average Bonchev–Trinajstić information content (AvgIpc) is 2.52. The van der Waals surface area contributed by atoms with Crippen molar-refractivity contribution in [1.29, 1.82) is 0 Å². The van der Waals surface area contributed by atoms with Gasteiger partial charge in [0.05, 0.1) is 6.61 Å². The van der Waals surface area contributed by atoms with Gasteiger partial charge in [0.25, 0.3) is 0 Å². The highest BCUT2D eigenvalue weighted by Gasteiger charge is 2.85. The molecule has 31 heavy (non-hydrogen) atoms. The second-order valence-corrected chi connectivity index (χ2v) is 8.37. The predicted molar refractivity (Wildman–Crippen MR) is 90.6 cm³/mol. The van der Waals surface area contributed by atoms with E-state index in [9.17, 15) is 52.7 Å². The first kappa shape index (κ1) is 29.3. The Morgan fingerprint density at radius 1 is 0.903 bits per heavy atom. The van der Waals surface area contributed by atoms with Crippen LogP contribution in [0.25, 0.3) is 0 Å². The smallest absolute Gasteiger partial charge is 0.460 e. The van der Waals surface area contributed by atoms with Crippen molar-refractivity contribution in [2.45, 2.75) is 76.4 Å². The normalized spacial score (nSPS) is 14.9. The summed E-state index contributed by atoms with van der Waals surface area (Å²) in [6.07, 6.45) is -8.37. The Balaban J connectivity index is 6.74. The average molecular weight is 496 g/mol. The van der Waals surface area contributed by atoms with Gasteiger partial charge < -0.3 is 9.64 Å². The van der Waals surface area contributed by atoms with E-state index in [1.54, 1.807) is 0 Å². The van der Waals surface area contributed by atoms with Crippen LogP contribution < -0.4 is 0 Å². The summed E-state index contributed by atoms with van der Waals surface area (Å²) in [6, 6.07) is -1.57. The minimum atomic E-state index is -7.42. The third-order valence-electron chi connectivity index (χ3n) is 3.68. The Kier molecular flexibility index (Phi) is 8.87. The molecule has 0 spiro atoms. The molecule has 0 atom stereocenters. The van der Waals surface area contributed by atoms with Crippen LogP contribution in [0.15, 0.2) is 4.40 Å². The predicted octanol–water partition coefficient (Wildman–Crippen LogP) is 4.21. The first-order valence-electron chi connectivity index (χ1n) is 8.56. The van der Waals surface area contributed by atoms with E-state index in [1.165, 1.54) is 34.6 Å².